The van der Waals surface area contributed by atoms with Crippen molar-refractivity contribution in [1.29, 1.82) is 0 Å². The highest BCUT2D eigenvalue weighted by Gasteiger charge is 2.40. The summed E-state index contributed by atoms with van der Waals surface area (Å²) < 4.78 is 32.1. The number of esters is 2. The van der Waals surface area contributed by atoms with E-state index in [4.69, 9.17) is 14.6 Å². The summed E-state index contributed by atoms with van der Waals surface area (Å²) in [5.74, 6) is -0.772. The van der Waals surface area contributed by atoms with Gasteiger partial charge in [-0.1, -0.05) is 104 Å². The maximum absolute atomic E-state index is 12.6. The van der Waals surface area contributed by atoms with Gasteiger partial charge in [0.05, 0.1) is 29.8 Å². The minimum absolute atomic E-state index is 0.108. The van der Waals surface area contributed by atoms with Crippen LogP contribution in [-0.4, -0.2) is 61.5 Å². The van der Waals surface area contributed by atoms with Crippen LogP contribution in [0.4, 0.5) is 5.13 Å². The summed E-state index contributed by atoms with van der Waals surface area (Å²) in [7, 11) is -3.82. The lowest BCUT2D eigenvalue weighted by molar-refractivity contribution is -0.128. The highest BCUT2D eigenvalue weighted by atomic mass is 32.2. The van der Waals surface area contributed by atoms with Crippen molar-refractivity contribution >= 4 is 56.2 Å². The van der Waals surface area contributed by atoms with Crippen molar-refractivity contribution in [2.45, 2.75) is 117 Å². The first kappa shape index (κ1) is 45.3. The number of ether oxygens (including phenoxy) is 2. The monoisotopic (exact) mass is 753 g/mol. The number of primary sulfonamides is 1. The van der Waals surface area contributed by atoms with Gasteiger partial charge in [0.25, 0.3) is 10.0 Å². The quantitative estimate of drug-likeness (QED) is 0.0964. The van der Waals surface area contributed by atoms with Crippen molar-refractivity contribution in [3.63, 3.8) is 0 Å². The van der Waals surface area contributed by atoms with Gasteiger partial charge in [0.15, 0.2) is 0 Å². The molecule has 2 aromatic rings. The van der Waals surface area contributed by atoms with Crippen LogP contribution in [0.25, 0.3) is 0 Å². The van der Waals surface area contributed by atoms with Gasteiger partial charge in [-0.3, -0.25) is 19.7 Å². The van der Waals surface area contributed by atoms with Crippen molar-refractivity contribution in [3.8, 4) is 0 Å². The molecule has 16 heteroatoms. The van der Waals surface area contributed by atoms with Gasteiger partial charge in [0, 0.05) is 13.3 Å². The van der Waals surface area contributed by atoms with E-state index in [1.807, 2.05) is 13.8 Å². The molecule has 14 nitrogen and oxygen atoms in total. The lowest BCUT2D eigenvalue weighted by Gasteiger charge is -2.17. The Morgan fingerprint density at radius 2 is 1.41 bits per heavy atom. The fraction of sp³-hybridized carbons (Fsp3) is 0.629. The number of hydrogen-bond acceptors (Lipinski definition) is 12. The third kappa shape index (κ3) is 16.4. The number of nitrogens with one attached hydrogen (secondary N) is 2. The number of imide groups is 1. The minimum atomic E-state index is -3.82. The van der Waals surface area contributed by atoms with Crippen LogP contribution in [0.2, 0.25) is 0 Å². The number of carbonyl (C=O) groups is 5. The van der Waals surface area contributed by atoms with E-state index in [9.17, 15) is 32.4 Å². The Morgan fingerprint density at radius 1 is 0.922 bits per heavy atom. The predicted octanol–water partition coefficient (Wildman–Crippen LogP) is 6.03. The Kier molecular flexibility index (Phi) is 20.4. The molecule has 4 N–H and O–H groups in total. The van der Waals surface area contributed by atoms with Gasteiger partial charge in [-0.05, 0) is 43.2 Å². The van der Waals surface area contributed by atoms with E-state index in [0.29, 0.717) is 53.9 Å². The Labute approximate surface area is 306 Å². The fourth-order valence-corrected chi connectivity index (χ4v) is 6.13. The Morgan fingerprint density at radius 3 is 1.73 bits per heavy atom. The molecule has 2 heterocycles. The first-order valence-corrected chi connectivity index (χ1v) is 19.8. The number of anilines is 1. The summed E-state index contributed by atoms with van der Waals surface area (Å²) in [6.45, 7) is 14.3. The zero-order valence-electron chi connectivity index (χ0n) is 30.9. The molecule has 0 spiro atoms. The van der Waals surface area contributed by atoms with Crippen LogP contribution >= 0.6 is 11.3 Å². The van der Waals surface area contributed by atoms with E-state index in [1.165, 1.54) is 6.92 Å². The van der Waals surface area contributed by atoms with E-state index in [2.05, 4.69) is 48.5 Å². The molecule has 3 amide bonds. The molecule has 0 aliphatic carbocycles. The van der Waals surface area contributed by atoms with Crippen LogP contribution in [0.1, 0.15) is 133 Å². The van der Waals surface area contributed by atoms with Crippen LogP contribution in [0.5, 0.6) is 0 Å². The predicted molar refractivity (Wildman–Crippen MR) is 195 cm³/mol. The first-order valence-electron chi connectivity index (χ1n) is 17.5. The van der Waals surface area contributed by atoms with Gasteiger partial charge in [-0.2, -0.15) is 0 Å². The van der Waals surface area contributed by atoms with Crippen molar-refractivity contribution in [3.05, 3.63) is 35.4 Å². The summed E-state index contributed by atoms with van der Waals surface area (Å²) in [4.78, 5) is 57.4. The van der Waals surface area contributed by atoms with E-state index in [0.717, 1.165) is 57.8 Å². The normalized spacial score (nSPS) is 16.4. The second-order valence-electron chi connectivity index (χ2n) is 12.6. The lowest BCUT2D eigenvalue weighted by atomic mass is 9.86. The molecule has 0 radical (unpaired) electrons. The Bertz CT molecular complexity index is 1500. The zero-order chi connectivity index (χ0) is 38.6. The van der Waals surface area contributed by atoms with Crippen LogP contribution < -0.4 is 15.8 Å². The molecule has 1 saturated heterocycles. The van der Waals surface area contributed by atoms with Crippen molar-refractivity contribution < 1.29 is 41.9 Å². The average Bonchev–Trinajstić information content (AvgIpc) is 3.67. The number of nitrogens with two attached hydrogens (primary N) is 1. The van der Waals surface area contributed by atoms with Crippen LogP contribution in [0, 0.1) is 17.3 Å². The van der Waals surface area contributed by atoms with Gasteiger partial charge in [-0.15, -0.1) is 10.2 Å². The van der Waals surface area contributed by atoms with Gasteiger partial charge < -0.3 is 14.8 Å². The van der Waals surface area contributed by atoms with Crippen molar-refractivity contribution in [1.82, 2.24) is 15.5 Å². The molecule has 0 saturated carbocycles. The third-order valence-electron chi connectivity index (χ3n) is 8.42. The fourth-order valence-electron chi connectivity index (χ4n) is 4.75. The number of carbonyl (C=O) groups excluding carboxylic acids is 5. The number of amides is 3. The number of unbranched alkanes of at least 4 members (excludes halogenated alkanes) is 2. The van der Waals surface area contributed by atoms with Crippen molar-refractivity contribution in [2.24, 2.45) is 22.4 Å². The standard InChI is InChI=1S/C24H38O4.C7H11NO2.C4H6N4O3S2/c1-5-9-13-19(7-3)17-27-23(25)21-15-11-12-16-22(21)24(26)28-18-20(8-4)14-10-6-2;1-3-7(2)4-5(9)8-6(7)10;1-2(9)6-3-7-8-4(12-3)13(5,10)11/h11-12,15-16,19-20H,5-10,13-14,17-18H2,1-4H3;3-4H2,1-2H3,(H,8,9,10);1H3,(H2,5,10,11)(H,6,7,9). The molecule has 1 aromatic heterocycles. The van der Waals surface area contributed by atoms with Gasteiger partial charge in [0.1, 0.15) is 0 Å². The van der Waals surface area contributed by atoms with Gasteiger partial charge in [-0.25, -0.2) is 23.1 Å². The van der Waals surface area contributed by atoms with E-state index >= 15 is 0 Å². The number of benzene rings is 1. The number of sulfonamides is 1. The topological polar surface area (TPSA) is 214 Å². The molecular weight excluding hydrogens is 699 g/mol. The number of hydrogen-bond donors (Lipinski definition) is 3. The molecule has 1 aliphatic rings. The Hall–Kier alpha value is -3.76. The van der Waals surface area contributed by atoms with Crippen LogP contribution in [0.15, 0.2) is 28.6 Å². The molecule has 1 aliphatic heterocycles. The van der Waals surface area contributed by atoms with Crippen molar-refractivity contribution in [2.75, 3.05) is 18.5 Å². The summed E-state index contributed by atoms with van der Waals surface area (Å²) >= 11 is 0.701. The van der Waals surface area contributed by atoms with E-state index in [1.54, 1.807) is 24.3 Å². The molecule has 3 unspecified atom stereocenters. The summed E-state index contributed by atoms with van der Waals surface area (Å²) in [5, 5.41) is 16.1. The number of nitrogens with zero attached hydrogens (tertiary/aromatic N) is 2. The molecule has 1 aromatic carbocycles. The molecule has 286 valence electrons. The van der Waals surface area contributed by atoms with E-state index < -0.39 is 27.4 Å². The SMILES string of the molecule is CC(=O)Nc1nnc(S(N)(=O)=O)s1.CCC1(C)CC(=O)NC1=O.CCCCC(CC)COC(=O)c1ccccc1C(=O)OCC(CC)CCCC. The zero-order valence-corrected chi connectivity index (χ0v) is 32.5. The molecular formula is C35H55N5O9S2. The number of rotatable bonds is 17. The van der Waals surface area contributed by atoms with Crippen LogP contribution in [0.3, 0.4) is 0 Å². The minimum Gasteiger partial charge on any atom is -0.462 e. The highest BCUT2D eigenvalue weighted by Crippen LogP contribution is 2.29. The summed E-state index contributed by atoms with van der Waals surface area (Å²) in [6.07, 6.45) is 9.69. The number of aromatic nitrogens is 2. The maximum atomic E-state index is 12.6. The highest BCUT2D eigenvalue weighted by molar-refractivity contribution is 7.91. The molecule has 3 atom stereocenters. The first-order chi connectivity index (χ1) is 24.0. The molecule has 0 bridgehead atoms. The largest absolute Gasteiger partial charge is 0.462 e. The van der Waals surface area contributed by atoms with Crippen LogP contribution in [-0.2, 0) is 33.9 Å². The second kappa shape index (κ2) is 22.9. The lowest BCUT2D eigenvalue weighted by Crippen LogP contribution is -2.28. The second-order valence-corrected chi connectivity index (χ2v) is 15.4. The molecule has 51 heavy (non-hydrogen) atoms. The smallest absolute Gasteiger partial charge is 0.339 e. The third-order valence-corrected chi connectivity index (χ3v) is 10.6. The maximum Gasteiger partial charge on any atom is 0.339 e. The van der Waals surface area contributed by atoms with Gasteiger partial charge >= 0.3 is 11.9 Å². The van der Waals surface area contributed by atoms with Gasteiger partial charge in [0.2, 0.25) is 27.2 Å². The average molecular weight is 754 g/mol. The molecule has 3 rings (SSSR count). The summed E-state index contributed by atoms with van der Waals surface area (Å²) in [5.41, 5.74) is 0.149. The Balaban J connectivity index is 0.000000460. The summed E-state index contributed by atoms with van der Waals surface area (Å²) in [6, 6.07) is 6.77. The van der Waals surface area contributed by atoms with E-state index in [-0.39, 0.29) is 27.2 Å². The molecule has 1 fully saturated rings.